The highest BCUT2D eigenvalue weighted by atomic mass is 16.1. The Kier molecular flexibility index (Phi) is 4.84. The lowest BCUT2D eigenvalue weighted by molar-refractivity contribution is 0.102. The van der Waals surface area contributed by atoms with Crippen LogP contribution in [0.15, 0.2) is 61.2 Å². The molecule has 1 fully saturated rings. The maximum atomic E-state index is 12.5. The molecule has 1 aliphatic heterocycles. The van der Waals surface area contributed by atoms with E-state index in [1.165, 1.54) is 12.0 Å². The Morgan fingerprint density at radius 2 is 1.59 bits per heavy atom. The molecule has 138 valence electrons. The largest absolute Gasteiger partial charge is 0.369 e. The van der Waals surface area contributed by atoms with Crippen LogP contribution in [0.5, 0.6) is 0 Å². The normalized spacial score (nSPS) is 14.9. The number of likely N-dealkylation sites (N-methyl/N-ethyl adjacent to an activating group) is 1. The van der Waals surface area contributed by atoms with Crippen molar-refractivity contribution in [3.05, 3.63) is 66.7 Å². The second kappa shape index (κ2) is 7.59. The lowest BCUT2D eigenvalue weighted by Crippen LogP contribution is -2.44. The number of carbonyl (C=O) groups is 1. The average molecular weight is 362 g/mol. The van der Waals surface area contributed by atoms with Gasteiger partial charge in [0.15, 0.2) is 0 Å². The van der Waals surface area contributed by atoms with Gasteiger partial charge in [0.1, 0.15) is 12.7 Å². The molecule has 2 aromatic carbocycles. The summed E-state index contributed by atoms with van der Waals surface area (Å²) in [6.45, 7) is 4.20. The predicted molar refractivity (Wildman–Crippen MR) is 105 cm³/mol. The summed E-state index contributed by atoms with van der Waals surface area (Å²) < 4.78 is 1.65. The van der Waals surface area contributed by atoms with Gasteiger partial charge >= 0.3 is 0 Å². The van der Waals surface area contributed by atoms with Crippen LogP contribution in [0.4, 0.5) is 11.4 Å². The van der Waals surface area contributed by atoms with Crippen molar-refractivity contribution >= 4 is 17.3 Å². The Bertz CT molecular complexity index is 881. The molecule has 1 N–H and O–H groups in total. The second-order valence-electron chi connectivity index (χ2n) is 6.68. The number of hydrogen-bond acceptors (Lipinski definition) is 5. The standard InChI is InChI=1S/C20H22N6O/c1-24-10-12-25(13-11-24)18-8-4-17(5-9-18)23-20(27)16-2-6-19(7-3-16)26-15-21-14-22-26/h2-9,14-15H,10-13H2,1H3,(H,23,27). The van der Waals surface area contributed by atoms with Gasteiger partial charge in [-0.05, 0) is 55.6 Å². The van der Waals surface area contributed by atoms with Gasteiger partial charge in [-0.3, -0.25) is 4.79 Å². The number of aromatic nitrogens is 3. The molecule has 0 spiro atoms. The van der Waals surface area contributed by atoms with Crippen molar-refractivity contribution in [1.29, 1.82) is 0 Å². The maximum absolute atomic E-state index is 12.5. The number of piperazine rings is 1. The van der Waals surface area contributed by atoms with E-state index in [2.05, 4.69) is 44.4 Å². The smallest absolute Gasteiger partial charge is 0.255 e. The van der Waals surface area contributed by atoms with Crippen LogP contribution in [0.2, 0.25) is 0 Å². The van der Waals surface area contributed by atoms with Crippen LogP contribution in [0, 0.1) is 0 Å². The number of rotatable bonds is 4. The molecule has 0 aliphatic carbocycles. The summed E-state index contributed by atoms with van der Waals surface area (Å²) >= 11 is 0. The molecule has 27 heavy (non-hydrogen) atoms. The van der Waals surface area contributed by atoms with E-state index in [1.54, 1.807) is 23.1 Å². The first-order valence-corrected chi connectivity index (χ1v) is 8.99. The first-order valence-electron chi connectivity index (χ1n) is 8.99. The summed E-state index contributed by atoms with van der Waals surface area (Å²) in [5.41, 5.74) is 3.44. The summed E-state index contributed by atoms with van der Waals surface area (Å²) in [6, 6.07) is 15.3. The Hall–Kier alpha value is -3.19. The second-order valence-corrected chi connectivity index (χ2v) is 6.68. The van der Waals surface area contributed by atoms with Gasteiger partial charge in [0.25, 0.3) is 5.91 Å². The SMILES string of the molecule is CN1CCN(c2ccc(NC(=O)c3ccc(-n4cncn4)cc3)cc2)CC1. The number of hydrogen-bond donors (Lipinski definition) is 1. The molecule has 0 bridgehead atoms. The molecule has 7 nitrogen and oxygen atoms in total. The minimum absolute atomic E-state index is 0.132. The molecular weight excluding hydrogens is 340 g/mol. The molecule has 1 aromatic heterocycles. The van der Waals surface area contributed by atoms with Crippen molar-refractivity contribution in [3.8, 4) is 5.69 Å². The van der Waals surface area contributed by atoms with Crippen molar-refractivity contribution in [2.24, 2.45) is 0 Å². The quantitative estimate of drug-likeness (QED) is 0.771. The average Bonchev–Trinajstić information content (AvgIpc) is 3.24. The lowest BCUT2D eigenvalue weighted by Gasteiger charge is -2.34. The van der Waals surface area contributed by atoms with Crippen molar-refractivity contribution in [2.75, 3.05) is 43.4 Å². The zero-order valence-corrected chi connectivity index (χ0v) is 15.2. The molecule has 0 saturated carbocycles. The topological polar surface area (TPSA) is 66.3 Å². The molecule has 0 radical (unpaired) electrons. The van der Waals surface area contributed by atoms with E-state index in [0.717, 1.165) is 37.6 Å². The summed E-state index contributed by atoms with van der Waals surface area (Å²) in [5.74, 6) is -0.132. The van der Waals surface area contributed by atoms with E-state index < -0.39 is 0 Å². The highest BCUT2D eigenvalue weighted by Gasteiger charge is 2.14. The van der Waals surface area contributed by atoms with Gasteiger partial charge in [-0.1, -0.05) is 0 Å². The molecule has 1 saturated heterocycles. The van der Waals surface area contributed by atoms with Gasteiger partial charge < -0.3 is 15.1 Å². The van der Waals surface area contributed by atoms with Crippen LogP contribution in [0.25, 0.3) is 5.69 Å². The van der Waals surface area contributed by atoms with Gasteiger partial charge in [0, 0.05) is 43.1 Å². The Balaban J connectivity index is 1.39. The van der Waals surface area contributed by atoms with Gasteiger partial charge in [-0.2, -0.15) is 5.10 Å². The van der Waals surface area contributed by atoms with E-state index >= 15 is 0 Å². The van der Waals surface area contributed by atoms with E-state index in [-0.39, 0.29) is 5.91 Å². The number of anilines is 2. The van der Waals surface area contributed by atoms with E-state index in [0.29, 0.717) is 5.56 Å². The molecule has 1 aliphatic rings. The monoisotopic (exact) mass is 362 g/mol. The molecule has 1 amide bonds. The third-order valence-electron chi connectivity index (χ3n) is 4.81. The van der Waals surface area contributed by atoms with Gasteiger partial charge in [0.05, 0.1) is 5.69 Å². The highest BCUT2D eigenvalue weighted by Crippen LogP contribution is 2.20. The van der Waals surface area contributed by atoms with Crippen LogP contribution < -0.4 is 10.2 Å². The number of carbonyl (C=O) groups excluding carboxylic acids is 1. The minimum atomic E-state index is -0.132. The number of nitrogens with one attached hydrogen (secondary N) is 1. The zero-order chi connectivity index (χ0) is 18.6. The lowest BCUT2D eigenvalue weighted by atomic mass is 10.2. The molecule has 0 atom stereocenters. The van der Waals surface area contributed by atoms with Gasteiger partial charge in [-0.15, -0.1) is 0 Å². The Labute approximate surface area is 158 Å². The molecule has 2 heterocycles. The summed E-state index contributed by atoms with van der Waals surface area (Å²) in [7, 11) is 2.15. The minimum Gasteiger partial charge on any atom is -0.369 e. The van der Waals surface area contributed by atoms with Crippen LogP contribution in [-0.2, 0) is 0 Å². The van der Waals surface area contributed by atoms with E-state index in [1.807, 2.05) is 24.3 Å². The van der Waals surface area contributed by atoms with Crippen LogP contribution in [0.1, 0.15) is 10.4 Å². The zero-order valence-electron chi connectivity index (χ0n) is 15.2. The molecule has 7 heteroatoms. The fourth-order valence-electron chi connectivity index (χ4n) is 3.13. The van der Waals surface area contributed by atoms with Crippen molar-refractivity contribution in [3.63, 3.8) is 0 Å². The highest BCUT2D eigenvalue weighted by molar-refractivity contribution is 6.04. The third-order valence-corrected chi connectivity index (χ3v) is 4.81. The fraction of sp³-hybridized carbons (Fsp3) is 0.250. The molecule has 3 aromatic rings. The van der Waals surface area contributed by atoms with E-state index in [9.17, 15) is 4.79 Å². The van der Waals surface area contributed by atoms with Crippen LogP contribution in [-0.4, -0.2) is 58.8 Å². The Morgan fingerprint density at radius 3 is 2.22 bits per heavy atom. The van der Waals surface area contributed by atoms with Crippen molar-refractivity contribution in [2.45, 2.75) is 0 Å². The number of benzene rings is 2. The van der Waals surface area contributed by atoms with E-state index in [4.69, 9.17) is 0 Å². The van der Waals surface area contributed by atoms with Crippen molar-refractivity contribution in [1.82, 2.24) is 19.7 Å². The first kappa shape index (κ1) is 17.2. The molecule has 4 rings (SSSR count). The number of amides is 1. The maximum Gasteiger partial charge on any atom is 0.255 e. The van der Waals surface area contributed by atoms with Gasteiger partial charge in [-0.25, -0.2) is 9.67 Å². The molecule has 0 unspecified atom stereocenters. The van der Waals surface area contributed by atoms with Crippen LogP contribution >= 0.6 is 0 Å². The summed E-state index contributed by atoms with van der Waals surface area (Å²) in [4.78, 5) is 21.1. The molecular formula is C20H22N6O. The van der Waals surface area contributed by atoms with Gasteiger partial charge in [0.2, 0.25) is 0 Å². The fourth-order valence-corrected chi connectivity index (χ4v) is 3.13. The summed E-state index contributed by atoms with van der Waals surface area (Å²) in [5, 5.41) is 7.03. The summed E-state index contributed by atoms with van der Waals surface area (Å²) in [6.07, 6.45) is 3.10. The third kappa shape index (κ3) is 3.98. The first-order chi connectivity index (χ1) is 13.2. The van der Waals surface area contributed by atoms with Crippen LogP contribution in [0.3, 0.4) is 0 Å². The predicted octanol–water partition coefficient (Wildman–Crippen LogP) is 2.27. The number of nitrogens with zero attached hydrogens (tertiary/aromatic N) is 5. The van der Waals surface area contributed by atoms with Crippen molar-refractivity contribution < 1.29 is 4.79 Å². The Morgan fingerprint density at radius 1 is 0.926 bits per heavy atom.